The maximum absolute atomic E-state index is 12.0. The Hall–Kier alpha value is -2.39. The van der Waals surface area contributed by atoms with E-state index in [2.05, 4.69) is 27.5 Å². The Kier molecular flexibility index (Phi) is 4.69. The highest BCUT2D eigenvalue weighted by molar-refractivity contribution is 5.96. The van der Waals surface area contributed by atoms with Gasteiger partial charge >= 0.3 is 0 Å². The summed E-state index contributed by atoms with van der Waals surface area (Å²) in [6, 6.07) is 3.66. The monoisotopic (exact) mass is 272 g/mol. The Morgan fingerprint density at radius 3 is 2.95 bits per heavy atom. The van der Waals surface area contributed by atoms with E-state index in [4.69, 9.17) is 5.73 Å². The zero-order valence-electron chi connectivity index (χ0n) is 11.0. The first-order valence-electron chi connectivity index (χ1n) is 6.42. The van der Waals surface area contributed by atoms with Crippen LogP contribution < -0.4 is 16.4 Å². The molecule has 0 spiro atoms. The number of nitrogens with two attached hydrogens (primary N) is 1. The lowest BCUT2D eigenvalue weighted by Gasteiger charge is -2.06. The molecular weight excluding hydrogens is 256 g/mol. The summed E-state index contributed by atoms with van der Waals surface area (Å²) in [5.41, 5.74) is 6.01. The lowest BCUT2D eigenvalue weighted by molar-refractivity contribution is -0.120. The van der Waals surface area contributed by atoms with Gasteiger partial charge in [0.25, 0.3) is 5.91 Å². The first-order chi connectivity index (χ1) is 9.70. The Balaban J connectivity index is 1.95. The molecule has 4 N–H and O–H groups in total. The molecule has 1 aromatic rings. The molecular formula is C14H16N4O2. The Bertz CT molecular complexity index is 570. The van der Waals surface area contributed by atoms with Crippen LogP contribution in [0.3, 0.4) is 0 Å². The number of carbonyl (C=O) groups is 2. The van der Waals surface area contributed by atoms with Crippen LogP contribution >= 0.6 is 0 Å². The fourth-order valence-electron chi connectivity index (χ4n) is 1.58. The summed E-state index contributed by atoms with van der Waals surface area (Å²) in [5, 5.41) is 5.33. The van der Waals surface area contributed by atoms with E-state index < -0.39 is 5.91 Å². The molecule has 1 aromatic heterocycles. The molecule has 6 nitrogen and oxygen atoms in total. The first-order valence-corrected chi connectivity index (χ1v) is 6.42. The van der Waals surface area contributed by atoms with Gasteiger partial charge in [-0.15, -0.1) is 0 Å². The van der Waals surface area contributed by atoms with E-state index in [9.17, 15) is 9.59 Å². The predicted octanol–water partition coefficient (Wildman–Crippen LogP) is -0.600. The number of hydrogen-bond acceptors (Lipinski definition) is 4. The molecule has 0 saturated heterocycles. The molecule has 1 saturated carbocycles. The van der Waals surface area contributed by atoms with Gasteiger partial charge in [0.2, 0.25) is 5.91 Å². The first kappa shape index (κ1) is 14.0. The fraction of sp³-hybridized carbons (Fsp3) is 0.357. The summed E-state index contributed by atoms with van der Waals surface area (Å²) in [5.74, 6) is 4.86. The van der Waals surface area contributed by atoms with Crippen molar-refractivity contribution in [2.45, 2.75) is 18.9 Å². The third-order valence-corrected chi connectivity index (χ3v) is 2.70. The van der Waals surface area contributed by atoms with Gasteiger partial charge in [-0.2, -0.15) is 0 Å². The van der Waals surface area contributed by atoms with E-state index in [0.29, 0.717) is 5.56 Å². The molecule has 2 amide bonds. The summed E-state index contributed by atoms with van der Waals surface area (Å²) >= 11 is 0. The fourth-order valence-corrected chi connectivity index (χ4v) is 1.58. The molecule has 2 rings (SSSR count). The molecule has 104 valence electrons. The molecule has 20 heavy (non-hydrogen) atoms. The van der Waals surface area contributed by atoms with Gasteiger partial charge in [0.05, 0.1) is 18.7 Å². The lowest BCUT2D eigenvalue weighted by Crippen LogP contribution is -2.38. The van der Waals surface area contributed by atoms with Gasteiger partial charge in [-0.25, -0.2) is 4.98 Å². The van der Waals surface area contributed by atoms with E-state index >= 15 is 0 Å². The number of nitrogens with zero attached hydrogens (tertiary/aromatic N) is 1. The minimum absolute atomic E-state index is 0.0599. The van der Waals surface area contributed by atoms with Gasteiger partial charge in [0.15, 0.2) is 0 Å². The minimum Gasteiger partial charge on any atom is -0.352 e. The van der Waals surface area contributed by atoms with E-state index in [-0.39, 0.29) is 30.7 Å². The summed E-state index contributed by atoms with van der Waals surface area (Å²) in [4.78, 5) is 27.5. The smallest absolute Gasteiger partial charge is 0.271 e. The van der Waals surface area contributed by atoms with Crippen LogP contribution in [0.1, 0.15) is 28.9 Å². The molecule has 0 atom stereocenters. The van der Waals surface area contributed by atoms with Crippen molar-refractivity contribution in [1.82, 2.24) is 15.6 Å². The Labute approximate surface area is 117 Å². The van der Waals surface area contributed by atoms with Crippen LogP contribution in [-0.2, 0) is 4.79 Å². The van der Waals surface area contributed by atoms with Crippen molar-refractivity contribution in [3.05, 3.63) is 29.6 Å². The average molecular weight is 272 g/mol. The predicted molar refractivity (Wildman–Crippen MR) is 73.7 cm³/mol. The van der Waals surface area contributed by atoms with Gasteiger partial charge < -0.3 is 16.4 Å². The van der Waals surface area contributed by atoms with Crippen LogP contribution in [0.15, 0.2) is 18.3 Å². The van der Waals surface area contributed by atoms with E-state index in [1.165, 1.54) is 6.20 Å². The standard InChI is InChI=1S/C14H16N4O2/c15-7-1-3-10-4-2-8-16-13(10)14(20)17-9-12(19)18-11-5-6-11/h2,4,8,11H,5-7,9,15H2,(H,17,20)(H,18,19). The van der Waals surface area contributed by atoms with E-state index in [1.807, 2.05) is 0 Å². The number of rotatable bonds is 4. The molecule has 0 aliphatic heterocycles. The maximum Gasteiger partial charge on any atom is 0.271 e. The van der Waals surface area contributed by atoms with Crippen LogP contribution in [0, 0.1) is 11.8 Å². The highest BCUT2D eigenvalue weighted by Crippen LogP contribution is 2.18. The van der Waals surface area contributed by atoms with Crippen molar-refractivity contribution >= 4 is 11.8 Å². The Morgan fingerprint density at radius 1 is 1.45 bits per heavy atom. The molecule has 1 heterocycles. The average Bonchev–Trinajstić information content (AvgIpc) is 3.26. The summed E-state index contributed by atoms with van der Waals surface area (Å²) < 4.78 is 0. The van der Waals surface area contributed by atoms with Gasteiger partial charge in [-0.05, 0) is 25.0 Å². The molecule has 1 aliphatic carbocycles. The van der Waals surface area contributed by atoms with Crippen LogP contribution in [-0.4, -0.2) is 35.9 Å². The molecule has 0 bridgehead atoms. The van der Waals surface area contributed by atoms with Crippen molar-refractivity contribution in [3.8, 4) is 11.8 Å². The normalized spacial score (nSPS) is 13.1. The summed E-state index contributed by atoms with van der Waals surface area (Å²) in [6.45, 7) is 0.148. The number of pyridine rings is 1. The molecule has 0 aromatic carbocycles. The molecule has 6 heteroatoms. The van der Waals surface area contributed by atoms with Crippen molar-refractivity contribution in [2.75, 3.05) is 13.1 Å². The van der Waals surface area contributed by atoms with Crippen molar-refractivity contribution < 1.29 is 9.59 Å². The SMILES string of the molecule is NCC#Cc1cccnc1C(=O)NCC(=O)NC1CC1. The topological polar surface area (TPSA) is 97.1 Å². The molecule has 0 unspecified atom stereocenters. The van der Waals surface area contributed by atoms with Gasteiger partial charge in [0.1, 0.15) is 5.69 Å². The van der Waals surface area contributed by atoms with Crippen molar-refractivity contribution in [3.63, 3.8) is 0 Å². The number of carbonyl (C=O) groups excluding carboxylic acids is 2. The number of nitrogens with one attached hydrogen (secondary N) is 2. The molecule has 1 fully saturated rings. The van der Waals surface area contributed by atoms with Gasteiger partial charge in [0, 0.05) is 12.2 Å². The van der Waals surface area contributed by atoms with Crippen LogP contribution in [0.25, 0.3) is 0 Å². The van der Waals surface area contributed by atoms with Crippen molar-refractivity contribution in [2.24, 2.45) is 5.73 Å². The zero-order chi connectivity index (χ0) is 14.4. The van der Waals surface area contributed by atoms with Gasteiger partial charge in [-0.3, -0.25) is 9.59 Å². The Morgan fingerprint density at radius 2 is 2.25 bits per heavy atom. The van der Waals surface area contributed by atoms with Gasteiger partial charge in [-0.1, -0.05) is 11.8 Å². The van der Waals surface area contributed by atoms with Crippen molar-refractivity contribution in [1.29, 1.82) is 0 Å². The molecule has 0 radical (unpaired) electrons. The highest BCUT2D eigenvalue weighted by atomic mass is 16.2. The number of amides is 2. The zero-order valence-corrected chi connectivity index (χ0v) is 11.0. The lowest BCUT2D eigenvalue weighted by atomic mass is 10.2. The quantitative estimate of drug-likeness (QED) is 0.638. The third kappa shape index (κ3) is 4.07. The second-order valence-electron chi connectivity index (χ2n) is 4.43. The van der Waals surface area contributed by atoms with E-state index in [0.717, 1.165) is 12.8 Å². The minimum atomic E-state index is -0.419. The number of aromatic nitrogens is 1. The second kappa shape index (κ2) is 6.68. The second-order valence-corrected chi connectivity index (χ2v) is 4.43. The molecule has 1 aliphatic rings. The summed E-state index contributed by atoms with van der Waals surface area (Å²) in [7, 11) is 0. The summed E-state index contributed by atoms with van der Waals surface area (Å²) in [6.07, 6.45) is 3.53. The highest BCUT2D eigenvalue weighted by Gasteiger charge is 2.23. The largest absolute Gasteiger partial charge is 0.352 e. The third-order valence-electron chi connectivity index (χ3n) is 2.70. The van der Waals surface area contributed by atoms with E-state index in [1.54, 1.807) is 12.1 Å². The number of hydrogen-bond donors (Lipinski definition) is 3. The maximum atomic E-state index is 12.0. The van der Waals surface area contributed by atoms with Crippen LogP contribution in [0.2, 0.25) is 0 Å². The van der Waals surface area contributed by atoms with Crippen LogP contribution in [0.4, 0.5) is 0 Å². The van der Waals surface area contributed by atoms with Crippen LogP contribution in [0.5, 0.6) is 0 Å².